The minimum absolute atomic E-state index is 0.00277. The molecule has 4 aliphatic carbocycles. The predicted molar refractivity (Wildman–Crippen MR) is 156 cm³/mol. The van der Waals surface area contributed by atoms with E-state index in [2.05, 4.69) is 58.1 Å². The molecule has 0 aromatic rings. The zero-order valence-corrected chi connectivity index (χ0v) is 24.9. The van der Waals surface area contributed by atoms with Crippen molar-refractivity contribution in [2.24, 2.45) is 56.2 Å². The minimum atomic E-state index is -0.800. The molecule has 3 fully saturated rings. The molecule has 5 nitrogen and oxygen atoms in total. The molecule has 3 saturated carbocycles. The highest BCUT2D eigenvalue weighted by molar-refractivity contribution is 7.80. The van der Waals surface area contributed by atoms with Gasteiger partial charge in [0.25, 0.3) is 0 Å². The number of thiocarbonyl (C=S) groups is 1. The summed E-state index contributed by atoms with van der Waals surface area (Å²) < 4.78 is 0. The topological polar surface area (TPSA) is 87.7 Å². The first-order valence-electron chi connectivity index (χ1n) is 14.4. The quantitative estimate of drug-likeness (QED) is 0.147. The highest BCUT2D eigenvalue weighted by Gasteiger charge is 2.65. The van der Waals surface area contributed by atoms with Crippen molar-refractivity contribution in [2.45, 2.75) is 106 Å². The first kappa shape index (κ1) is 28.3. The molecule has 4 rings (SSSR count). The molecule has 4 N–H and O–H groups in total. The summed E-state index contributed by atoms with van der Waals surface area (Å²) >= 11 is 5.01. The van der Waals surface area contributed by atoms with E-state index in [-0.39, 0.29) is 21.4 Å². The molecule has 0 saturated heterocycles. The van der Waals surface area contributed by atoms with E-state index in [4.69, 9.17) is 18.0 Å². The standard InChI is InChI=1S/C31H49N3O2S/c1-19(9-8-10-20(2)26(35)36)21-13-17-31(7)23-11-12-24-28(3,4)25(33-34-27(32)37)15-16-29(24,5)22(23)14-18-30(21,31)6/h10-11,19,21-22,24H,8-9,12-18H2,1-7H3,(H,35,36)(H3,32,34,37)/b20-10-,33-25+/t19-,21-,22-,24-,29+,30-,31+/m0/s1. The third-order valence-electron chi connectivity index (χ3n) is 12.1. The van der Waals surface area contributed by atoms with Gasteiger partial charge in [-0.05, 0) is 117 Å². The maximum absolute atomic E-state index is 11.2. The van der Waals surface area contributed by atoms with Crippen molar-refractivity contribution in [2.75, 3.05) is 0 Å². The Bertz CT molecular complexity index is 1050. The number of allylic oxidation sites excluding steroid dienone is 3. The molecule has 7 atom stereocenters. The van der Waals surface area contributed by atoms with Gasteiger partial charge < -0.3 is 10.8 Å². The summed E-state index contributed by atoms with van der Waals surface area (Å²) in [4.78, 5) is 11.2. The highest BCUT2D eigenvalue weighted by atomic mass is 32.1. The van der Waals surface area contributed by atoms with Gasteiger partial charge in [-0.1, -0.05) is 59.3 Å². The van der Waals surface area contributed by atoms with Crippen molar-refractivity contribution in [3.05, 3.63) is 23.3 Å². The Balaban J connectivity index is 1.58. The van der Waals surface area contributed by atoms with E-state index in [1.165, 1.54) is 37.8 Å². The number of carboxylic acid groups (broad SMARTS) is 1. The largest absolute Gasteiger partial charge is 0.478 e. The Kier molecular flexibility index (Phi) is 7.51. The molecule has 206 valence electrons. The van der Waals surface area contributed by atoms with E-state index < -0.39 is 5.97 Å². The maximum atomic E-state index is 11.2. The Labute approximate surface area is 229 Å². The average Bonchev–Trinajstić information content (AvgIpc) is 3.09. The van der Waals surface area contributed by atoms with Crippen molar-refractivity contribution in [1.82, 2.24) is 5.43 Å². The van der Waals surface area contributed by atoms with Crippen molar-refractivity contribution in [3.63, 3.8) is 0 Å². The van der Waals surface area contributed by atoms with Gasteiger partial charge >= 0.3 is 5.97 Å². The predicted octanol–water partition coefficient (Wildman–Crippen LogP) is 7.23. The molecule has 0 aromatic carbocycles. The summed E-state index contributed by atoms with van der Waals surface area (Å²) in [6.45, 7) is 16.6. The SMILES string of the molecule is C/C(=C/CC[C@H](C)[C@@H]1CC[C@]2(C)C3=CC[C@H]4C(C)(C)/C(=N/NC(N)=S)CC[C@]4(C)[C@H]3CC[C@@]12C)C(=O)O. The Morgan fingerprint density at radius 3 is 2.59 bits per heavy atom. The number of nitrogens with one attached hydrogen (secondary N) is 1. The van der Waals surface area contributed by atoms with Crippen LogP contribution in [0.3, 0.4) is 0 Å². The lowest BCUT2D eigenvalue weighted by Crippen LogP contribution is -2.57. The lowest BCUT2D eigenvalue weighted by atomic mass is 9.41. The summed E-state index contributed by atoms with van der Waals surface area (Å²) in [5.74, 6) is 1.69. The average molecular weight is 528 g/mol. The van der Waals surface area contributed by atoms with Crippen LogP contribution in [0.5, 0.6) is 0 Å². The second-order valence-corrected chi connectivity index (χ2v) is 14.4. The number of rotatable bonds is 6. The lowest BCUT2D eigenvalue weighted by molar-refractivity contribution is -0.132. The third-order valence-corrected chi connectivity index (χ3v) is 12.2. The van der Waals surface area contributed by atoms with E-state index >= 15 is 0 Å². The van der Waals surface area contributed by atoms with Crippen LogP contribution in [0.1, 0.15) is 106 Å². The smallest absolute Gasteiger partial charge is 0.330 e. The monoisotopic (exact) mass is 527 g/mol. The summed E-state index contributed by atoms with van der Waals surface area (Å²) in [5.41, 5.74) is 12.8. The van der Waals surface area contributed by atoms with E-state index in [0.29, 0.717) is 34.7 Å². The number of carbonyl (C=O) groups is 1. The zero-order chi connectivity index (χ0) is 27.4. The Morgan fingerprint density at radius 1 is 1.24 bits per heavy atom. The van der Waals surface area contributed by atoms with Gasteiger partial charge in [0.15, 0.2) is 5.11 Å². The van der Waals surface area contributed by atoms with Crippen LogP contribution in [0.25, 0.3) is 0 Å². The van der Waals surface area contributed by atoms with Gasteiger partial charge in [0.2, 0.25) is 0 Å². The third kappa shape index (κ3) is 4.49. The van der Waals surface area contributed by atoms with Gasteiger partial charge in [-0.2, -0.15) is 5.10 Å². The summed E-state index contributed by atoms with van der Waals surface area (Å²) in [6.07, 6.45) is 14.9. The molecule has 0 aliphatic heterocycles. The van der Waals surface area contributed by atoms with Gasteiger partial charge in [0.1, 0.15) is 0 Å². The van der Waals surface area contributed by atoms with Crippen LogP contribution in [0, 0.1) is 45.3 Å². The second-order valence-electron chi connectivity index (χ2n) is 13.9. The molecular formula is C31H49N3O2S. The fourth-order valence-corrected chi connectivity index (χ4v) is 9.70. The second kappa shape index (κ2) is 9.81. The van der Waals surface area contributed by atoms with Crippen LogP contribution in [0.4, 0.5) is 0 Å². The van der Waals surface area contributed by atoms with Gasteiger partial charge in [-0.15, -0.1) is 0 Å². The normalized spacial score (nSPS) is 40.7. The van der Waals surface area contributed by atoms with Gasteiger partial charge in [-0.25, -0.2) is 4.79 Å². The van der Waals surface area contributed by atoms with E-state index in [1.807, 2.05) is 6.08 Å². The van der Waals surface area contributed by atoms with Crippen LogP contribution in [-0.2, 0) is 4.79 Å². The molecular weight excluding hydrogens is 478 g/mol. The fraction of sp³-hybridized carbons (Fsp3) is 0.774. The van der Waals surface area contributed by atoms with E-state index in [9.17, 15) is 9.90 Å². The zero-order valence-electron chi connectivity index (χ0n) is 24.1. The van der Waals surface area contributed by atoms with Crippen molar-refractivity contribution < 1.29 is 9.90 Å². The minimum Gasteiger partial charge on any atom is -0.478 e. The van der Waals surface area contributed by atoms with E-state index in [0.717, 1.165) is 25.7 Å². The van der Waals surface area contributed by atoms with Crippen LogP contribution in [-0.4, -0.2) is 21.9 Å². The van der Waals surface area contributed by atoms with Gasteiger partial charge in [0.05, 0.1) is 0 Å². The molecule has 6 heteroatoms. The maximum Gasteiger partial charge on any atom is 0.330 e. The van der Waals surface area contributed by atoms with Crippen molar-refractivity contribution in [3.8, 4) is 0 Å². The van der Waals surface area contributed by atoms with Crippen LogP contribution < -0.4 is 11.2 Å². The molecule has 0 radical (unpaired) electrons. The van der Waals surface area contributed by atoms with Crippen molar-refractivity contribution in [1.29, 1.82) is 0 Å². The summed E-state index contributed by atoms with van der Waals surface area (Å²) in [6, 6.07) is 0. The number of hydrazone groups is 1. The number of hydrogen-bond donors (Lipinski definition) is 3. The molecule has 0 heterocycles. The number of nitrogens with two attached hydrogens (primary N) is 1. The van der Waals surface area contributed by atoms with Crippen LogP contribution in [0.15, 0.2) is 28.4 Å². The van der Waals surface area contributed by atoms with Crippen molar-refractivity contribution >= 4 is 29.0 Å². The van der Waals surface area contributed by atoms with Gasteiger partial charge in [-0.3, -0.25) is 5.43 Å². The molecule has 0 bridgehead atoms. The number of carboxylic acids is 1. The number of aliphatic carboxylic acids is 1. The fourth-order valence-electron chi connectivity index (χ4n) is 9.65. The number of hydrogen-bond acceptors (Lipinski definition) is 3. The molecule has 0 amide bonds. The molecule has 0 aromatic heterocycles. The Hall–Kier alpha value is -1.69. The number of nitrogens with zero attached hydrogens (tertiary/aromatic N) is 1. The molecule has 37 heavy (non-hydrogen) atoms. The summed E-state index contributed by atoms with van der Waals surface area (Å²) in [7, 11) is 0. The highest BCUT2D eigenvalue weighted by Crippen LogP contribution is 2.73. The molecule has 0 unspecified atom stereocenters. The van der Waals surface area contributed by atoms with E-state index in [1.54, 1.807) is 12.5 Å². The first-order valence-corrected chi connectivity index (χ1v) is 14.8. The van der Waals surface area contributed by atoms with Crippen LogP contribution in [0.2, 0.25) is 0 Å². The van der Waals surface area contributed by atoms with Gasteiger partial charge in [0, 0.05) is 16.7 Å². The number of fused-ring (bicyclic) bond motifs is 5. The molecule has 0 spiro atoms. The first-order chi connectivity index (χ1) is 17.2. The van der Waals surface area contributed by atoms with Crippen LogP contribution >= 0.6 is 12.2 Å². The molecule has 4 aliphatic rings. The Morgan fingerprint density at radius 2 is 1.95 bits per heavy atom. The lowest BCUT2D eigenvalue weighted by Gasteiger charge is -2.63. The summed E-state index contributed by atoms with van der Waals surface area (Å²) in [5, 5.41) is 14.1.